The van der Waals surface area contributed by atoms with Crippen molar-refractivity contribution in [3.05, 3.63) is 36.2 Å². The molecule has 8 heteroatoms. The van der Waals surface area contributed by atoms with Crippen LogP contribution in [0.5, 0.6) is 17.2 Å². The number of methoxy groups -OCH3 is 2. The number of carbonyl (C=O) groups excluding carboxylic acids is 1. The Bertz CT molecular complexity index is 708. The van der Waals surface area contributed by atoms with E-state index in [-0.39, 0.29) is 18.7 Å². The third-order valence-electron chi connectivity index (χ3n) is 3.65. The average Bonchev–Trinajstić information content (AvgIpc) is 3.14. The van der Waals surface area contributed by atoms with Gasteiger partial charge in [0.1, 0.15) is 5.69 Å². The molecule has 1 aromatic carbocycles. The van der Waals surface area contributed by atoms with Gasteiger partial charge in [0.15, 0.2) is 18.2 Å². The van der Waals surface area contributed by atoms with Crippen LogP contribution >= 0.6 is 0 Å². The Morgan fingerprint density at radius 3 is 2.52 bits per heavy atom. The summed E-state index contributed by atoms with van der Waals surface area (Å²) in [6, 6.07) is 7.02. The molecule has 0 bridgehead atoms. The zero-order valence-corrected chi connectivity index (χ0v) is 16.2. The summed E-state index contributed by atoms with van der Waals surface area (Å²) in [6.45, 7) is 5.22. The first-order chi connectivity index (χ1) is 13.0. The van der Waals surface area contributed by atoms with Crippen molar-refractivity contribution in [2.24, 2.45) is 0 Å². The Morgan fingerprint density at radius 2 is 1.89 bits per heavy atom. The van der Waals surface area contributed by atoms with Crippen molar-refractivity contribution in [1.82, 2.24) is 15.1 Å². The van der Waals surface area contributed by atoms with Gasteiger partial charge >= 0.3 is 0 Å². The van der Waals surface area contributed by atoms with Gasteiger partial charge in [0, 0.05) is 19.3 Å². The first-order valence-corrected chi connectivity index (χ1v) is 8.82. The lowest BCUT2D eigenvalue weighted by atomic mass is 10.3. The van der Waals surface area contributed by atoms with E-state index < -0.39 is 0 Å². The third kappa shape index (κ3) is 6.18. The lowest BCUT2D eigenvalue weighted by Gasteiger charge is -2.13. The molecule has 0 saturated carbocycles. The molecule has 0 atom stereocenters. The van der Waals surface area contributed by atoms with Crippen LogP contribution < -0.4 is 19.5 Å². The largest absolute Gasteiger partial charge is 0.493 e. The molecule has 2 aromatic rings. The van der Waals surface area contributed by atoms with Crippen LogP contribution in [0.1, 0.15) is 30.8 Å². The van der Waals surface area contributed by atoms with Gasteiger partial charge < -0.3 is 24.3 Å². The molecular formula is C19H27N3O5. The molecular weight excluding hydrogens is 350 g/mol. The molecule has 1 N–H and O–H groups in total. The normalized spacial score (nSPS) is 10.7. The van der Waals surface area contributed by atoms with E-state index in [1.54, 1.807) is 38.6 Å². The number of aromatic nitrogens is 2. The van der Waals surface area contributed by atoms with E-state index in [9.17, 15) is 4.79 Å². The maximum atomic E-state index is 12.1. The molecule has 0 aliphatic rings. The molecule has 0 aliphatic carbocycles. The van der Waals surface area contributed by atoms with Crippen molar-refractivity contribution >= 4 is 5.91 Å². The van der Waals surface area contributed by atoms with Crippen molar-refractivity contribution in [1.29, 1.82) is 0 Å². The zero-order valence-electron chi connectivity index (χ0n) is 16.2. The van der Waals surface area contributed by atoms with Crippen LogP contribution in [-0.4, -0.2) is 49.2 Å². The maximum Gasteiger partial charge on any atom is 0.271 e. The van der Waals surface area contributed by atoms with Crippen molar-refractivity contribution in [3.63, 3.8) is 0 Å². The summed E-state index contributed by atoms with van der Waals surface area (Å²) >= 11 is 0. The number of carbonyl (C=O) groups is 1. The average molecular weight is 377 g/mol. The minimum absolute atomic E-state index is 0.117. The Hall–Kier alpha value is -2.74. The highest BCUT2D eigenvalue weighted by Gasteiger charge is 2.13. The smallest absolute Gasteiger partial charge is 0.271 e. The summed E-state index contributed by atoms with van der Waals surface area (Å²) in [5.41, 5.74) is 0.329. The number of nitrogens with zero attached hydrogens (tertiary/aromatic N) is 2. The number of nitrogens with one attached hydrogen (secondary N) is 1. The van der Waals surface area contributed by atoms with Gasteiger partial charge in [0.2, 0.25) is 5.75 Å². The van der Waals surface area contributed by atoms with Crippen molar-refractivity contribution in [2.75, 3.05) is 27.4 Å². The number of hydrogen-bond acceptors (Lipinski definition) is 6. The topological polar surface area (TPSA) is 83.8 Å². The minimum atomic E-state index is -0.229. The van der Waals surface area contributed by atoms with Crippen LogP contribution in [-0.2, 0) is 11.5 Å². The van der Waals surface area contributed by atoms with Gasteiger partial charge in [0.25, 0.3) is 5.91 Å². The highest BCUT2D eigenvalue weighted by atomic mass is 16.5. The van der Waals surface area contributed by atoms with Gasteiger partial charge in [0.05, 0.1) is 20.3 Å². The number of benzene rings is 1. The van der Waals surface area contributed by atoms with Crippen LogP contribution in [0.2, 0.25) is 0 Å². The van der Waals surface area contributed by atoms with E-state index in [0.29, 0.717) is 36.1 Å². The first-order valence-electron chi connectivity index (χ1n) is 8.82. The molecule has 1 amide bonds. The van der Waals surface area contributed by atoms with E-state index in [1.807, 2.05) is 19.9 Å². The van der Waals surface area contributed by atoms with Gasteiger partial charge in [-0.25, -0.2) is 4.68 Å². The molecule has 0 spiro atoms. The molecule has 1 aromatic heterocycles. The van der Waals surface area contributed by atoms with Gasteiger partial charge in [-0.2, -0.15) is 5.10 Å². The summed E-state index contributed by atoms with van der Waals surface area (Å²) in [7, 11) is 3.12. The fraction of sp³-hybridized carbons (Fsp3) is 0.474. The van der Waals surface area contributed by atoms with Crippen molar-refractivity contribution in [2.45, 2.75) is 33.1 Å². The lowest BCUT2D eigenvalue weighted by Crippen LogP contribution is -2.26. The van der Waals surface area contributed by atoms with E-state index >= 15 is 0 Å². The van der Waals surface area contributed by atoms with E-state index in [4.69, 9.17) is 18.9 Å². The molecule has 0 unspecified atom stereocenters. The van der Waals surface area contributed by atoms with Crippen LogP contribution in [0.25, 0.3) is 0 Å². The fourth-order valence-corrected chi connectivity index (χ4v) is 2.33. The van der Waals surface area contributed by atoms with Crippen LogP contribution in [0, 0.1) is 0 Å². The Balaban J connectivity index is 1.86. The second-order valence-electron chi connectivity index (χ2n) is 6.03. The van der Waals surface area contributed by atoms with Crippen molar-refractivity contribution < 1.29 is 23.7 Å². The Morgan fingerprint density at radius 1 is 1.19 bits per heavy atom. The van der Waals surface area contributed by atoms with Crippen LogP contribution in [0.4, 0.5) is 0 Å². The van der Waals surface area contributed by atoms with Crippen LogP contribution in [0.15, 0.2) is 30.5 Å². The lowest BCUT2D eigenvalue weighted by molar-refractivity contribution is 0.0756. The number of amides is 1. The minimum Gasteiger partial charge on any atom is -0.493 e. The quantitative estimate of drug-likeness (QED) is 0.606. The van der Waals surface area contributed by atoms with Crippen molar-refractivity contribution in [3.8, 4) is 17.2 Å². The number of rotatable bonds is 11. The molecule has 148 valence electrons. The fourth-order valence-electron chi connectivity index (χ4n) is 2.33. The molecule has 0 aliphatic heterocycles. The monoisotopic (exact) mass is 377 g/mol. The molecule has 0 fully saturated rings. The maximum absolute atomic E-state index is 12.1. The molecule has 2 rings (SSSR count). The van der Waals surface area contributed by atoms with Gasteiger partial charge in [-0.05, 0) is 38.5 Å². The molecule has 1 heterocycles. The van der Waals surface area contributed by atoms with Gasteiger partial charge in [-0.1, -0.05) is 6.07 Å². The SMILES string of the molecule is COc1cccc(OC)c1OCn1ccc(C(=O)NCCCOC(C)C)n1. The predicted octanol–water partition coefficient (Wildman–Crippen LogP) is 2.48. The van der Waals surface area contributed by atoms with Gasteiger partial charge in [-0.15, -0.1) is 0 Å². The van der Waals surface area contributed by atoms with E-state index in [1.165, 1.54) is 4.68 Å². The number of hydrogen-bond donors (Lipinski definition) is 1. The second-order valence-corrected chi connectivity index (χ2v) is 6.03. The van der Waals surface area contributed by atoms with Gasteiger partial charge in [-0.3, -0.25) is 4.79 Å². The zero-order chi connectivity index (χ0) is 19.6. The highest BCUT2D eigenvalue weighted by Crippen LogP contribution is 2.36. The number of ether oxygens (including phenoxy) is 4. The summed E-state index contributed by atoms with van der Waals surface area (Å²) in [6.07, 6.45) is 2.62. The Kier molecular flexibility index (Phi) is 7.94. The molecule has 0 saturated heterocycles. The molecule has 0 radical (unpaired) electrons. The second kappa shape index (κ2) is 10.4. The first kappa shape index (κ1) is 20.6. The summed E-state index contributed by atoms with van der Waals surface area (Å²) < 4.78 is 23.3. The third-order valence-corrected chi connectivity index (χ3v) is 3.65. The summed E-state index contributed by atoms with van der Waals surface area (Å²) in [4.78, 5) is 12.1. The molecule has 8 nitrogen and oxygen atoms in total. The standard InChI is InChI=1S/C19H27N3O5/c1-14(2)26-12-6-10-20-19(23)15-9-11-22(21-15)13-27-18-16(24-3)7-5-8-17(18)25-4/h5,7-9,11,14H,6,10,12-13H2,1-4H3,(H,20,23). The Labute approximate surface area is 159 Å². The van der Waals surface area contributed by atoms with E-state index in [0.717, 1.165) is 6.42 Å². The summed E-state index contributed by atoms with van der Waals surface area (Å²) in [5.74, 6) is 1.37. The van der Waals surface area contributed by atoms with Crippen LogP contribution in [0.3, 0.4) is 0 Å². The summed E-state index contributed by atoms with van der Waals surface area (Å²) in [5, 5.41) is 7.05. The molecule has 27 heavy (non-hydrogen) atoms. The highest BCUT2D eigenvalue weighted by molar-refractivity contribution is 5.92. The van der Waals surface area contributed by atoms with E-state index in [2.05, 4.69) is 10.4 Å². The predicted molar refractivity (Wildman–Crippen MR) is 100 cm³/mol. The number of para-hydroxylation sites is 1.